The Morgan fingerprint density at radius 2 is 1.94 bits per heavy atom. The number of nitrogens with zero attached hydrogens (tertiary/aromatic N) is 3. The van der Waals surface area contributed by atoms with Crippen molar-refractivity contribution < 1.29 is 18.6 Å². The number of pyridine rings is 1. The van der Waals surface area contributed by atoms with Crippen molar-refractivity contribution in [2.45, 2.75) is 45.3 Å². The normalized spacial score (nSPS) is 13.4. The number of ether oxygens (including phenoxy) is 3. The summed E-state index contributed by atoms with van der Waals surface area (Å²) in [6.45, 7) is 9.90. The molecule has 6 nitrogen and oxygen atoms in total. The molecule has 1 saturated heterocycles. The Morgan fingerprint density at radius 3 is 2.53 bits per heavy atom. The number of aromatic nitrogens is 2. The highest BCUT2D eigenvalue weighted by molar-refractivity contribution is 14.1. The van der Waals surface area contributed by atoms with Gasteiger partial charge in [-0.25, -0.2) is 9.37 Å². The van der Waals surface area contributed by atoms with Gasteiger partial charge in [0.2, 0.25) is 0 Å². The van der Waals surface area contributed by atoms with Crippen LogP contribution in [0.1, 0.15) is 18.4 Å². The van der Waals surface area contributed by atoms with Crippen molar-refractivity contribution >= 4 is 41.7 Å². The van der Waals surface area contributed by atoms with E-state index < -0.39 is 8.07 Å². The van der Waals surface area contributed by atoms with Crippen molar-refractivity contribution in [2.24, 2.45) is 0 Å². The lowest BCUT2D eigenvalue weighted by Crippen LogP contribution is -2.22. The van der Waals surface area contributed by atoms with Gasteiger partial charge in [-0.3, -0.25) is 4.57 Å². The molecule has 1 aromatic carbocycles. The van der Waals surface area contributed by atoms with E-state index in [0.717, 1.165) is 23.0 Å². The maximum atomic E-state index is 14.0. The lowest BCUT2D eigenvalue weighted by molar-refractivity contribution is 0.0883. The summed E-state index contributed by atoms with van der Waals surface area (Å²) in [6.07, 6.45) is 4.22. The molecule has 0 aliphatic carbocycles. The number of methoxy groups -OCH3 is 1. The molecule has 0 spiro atoms. The molecule has 3 aromatic rings. The van der Waals surface area contributed by atoms with E-state index in [1.165, 1.54) is 25.0 Å². The van der Waals surface area contributed by atoms with E-state index in [1.807, 2.05) is 4.57 Å². The van der Waals surface area contributed by atoms with Crippen molar-refractivity contribution in [3.05, 3.63) is 45.5 Å². The molecule has 182 valence electrons. The van der Waals surface area contributed by atoms with Gasteiger partial charge in [0, 0.05) is 45.0 Å². The van der Waals surface area contributed by atoms with E-state index in [1.54, 1.807) is 25.4 Å². The molecule has 1 fully saturated rings. The maximum Gasteiger partial charge on any atom is 0.144 e. The van der Waals surface area contributed by atoms with Gasteiger partial charge in [0.15, 0.2) is 0 Å². The Bertz CT molecular complexity index is 1160. The quantitative estimate of drug-likeness (QED) is 0.179. The molecule has 4 rings (SSSR count). The summed E-state index contributed by atoms with van der Waals surface area (Å²) in [5.74, 6) is 0.171. The Morgan fingerprint density at radius 1 is 1.21 bits per heavy atom. The minimum absolute atomic E-state index is 0.317. The van der Waals surface area contributed by atoms with Gasteiger partial charge in [0.25, 0.3) is 0 Å². The van der Waals surface area contributed by atoms with E-state index in [2.05, 4.69) is 53.3 Å². The number of rotatable bonds is 7. The highest BCUT2D eigenvalue weighted by atomic mass is 127. The third-order valence-electron chi connectivity index (χ3n) is 5.49. The first-order valence-corrected chi connectivity index (χ1v) is 16.1. The zero-order valence-corrected chi connectivity index (χ0v) is 23.3. The average Bonchev–Trinajstić information content (AvgIpc) is 3.46. The van der Waals surface area contributed by atoms with Gasteiger partial charge in [-0.1, -0.05) is 19.6 Å². The fourth-order valence-corrected chi connectivity index (χ4v) is 5.13. The molecule has 34 heavy (non-hydrogen) atoms. The summed E-state index contributed by atoms with van der Waals surface area (Å²) in [6, 6.07) is 9.49. The van der Waals surface area contributed by atoms with E-state index in [-0.39, 0.29) is 5.82 Å². The molecule has 1 aliphatic heterocycles. The van der Waals surface area contributed by atoms with Crippen LogP contribution in [0.2, 0.25) is 25.7 Å². The summed E-state index contributed by atoms with van der Waals surface area (Å²) in [7, 11) is 0.356. The molecule has 0 bridgehead atoms. The van der Waals surface area contributed by atoms with Crippen LogP contribution >= 0.6 is 22.6 Å². The minimum Gasteiger partial charge on any atom is -0.496 e. The third kappa shape index (κ3) is 6.56. The molecule has 0 N–H and O–H groups in total. The van der Waals surface area contributed by atoms with E-state index >= 15 is 0 Å². The Labute approximate surface area is 215 Å². The third-order valence-corrected chi connectivity index (χ3v) is 8.31. The maximum absolute atomic E-state index is 14.0. The summed E-state index contributed by atoms with van der Waals surface area (Å²) in [5.41, 5.74) is 2.44. The minimum atomic E-state index is -1.19. The molecule has 3 heterocycles. The summed E-state index contributed by atoms with van der Waals surface area (Å²) >= 11 is 2.15. The van der Waals surface area contributed by atoms with Gasteiger partial charge in [-0.2, -0.15) is 5.26 Å². The zero-order chi connectivity index (χ0) is 24.7. The first-order chi connectivity index (χ1) is 16.3. The number of hydrogen-bond donors (Lipinski definition) is 0. The Kier molecular flexibility index (Phi) is 9.47. The second-order valence-electron chi connectivity index (χ2n) is 9.27. The molecule has 0 atom stereocenters. The van der Waals surface area contributed by atoms with Crippen LogP contribution in [0.5, 0.6) is 5.75 Å². The van der Waals surface area contributed by atoms with Gasteiger partial charge in [0.05, 0.1) is 12.7 Å². The van der Waals surface area contributed by atoms with Gasteiger partial charge in [0.1, 0.15) is 33.7 Å². The van der Waals surface area contributed by atoms with Crippen LogP contribution in [-0.2, 0) is 16.2 Å². The van der Waals surface area contributed by atoms with Gasteiger partial charge in [-0.15, -0.1) is 0 Å². The van der Waals surface area contributed by atoms with E-state index in [4.69, 9.17) is 14.2 Å². The summed E-state index contributed by atoms with van der Waals surface area (Å²) in [5, 5.41) is 10.5. The Hall–Kier alpha value is -2.00. The predicted molar refractivity (Wildman–Crippen MR) is 143 cm³/mol. The lowest BCUT2D eigenvalue weighted by Gasteiger charge is -2.16. The molecular formula is C25H31FIN3O3Si. The number of fused-ring (bicyclic) bond motifs is 1. The molecule has 1 aliphatic rings. The van der Waals surface area contributed by atoms with Crippen LogP contribution in [0.25, 0.3) is 22.2 Å². The smallest absolute Gasteiger partial charge is 0.144 e. The first-order valence-electron chi connectivity index (χ1n) is 11.3. The molecule has 0 radical (unpaired) electrons. The van der Waals surface area contributed by atoms with Gasteiger partial charge < -0.3 is 14.2 Å². The largest absolute Gasteiger partial charge is 0.496 e. The fourth-order valence-electron chi connectivity index (χ4n) is 3.61. The van der Waals surface area contributed by atoms with Crippen molar-refractivity contribution in [1.29, 1.82) is 5.26 Å². The van der Waals surface area contributed by atoms with Crippen LogP contribution in [0.15, 0.2) is 30.5 Å². The number of halogens is 2. The highest BCUT2D eigenvalue weighted by Crippen LogP contribution is 2.38. The number of hydrogen-bond acceptors (Lipinski definition) is 5. The fraction of sp³-hybridized carbons (Fsp3) is 0.440. The number of benzene rings is 1. The van der Waals surface area contributed by atoms with Crippen LogP contribution in [0.3, 0.4) is 0 Å². The van der Waals surface area contributed by atoms with Crippen LogP contribution in [0.4, 0.5) is 4.39 Å². The van der Waals surface area contributed by atoms with Crippen molar-refractivity contribution in [3.8, 4) is 22.9 Å². The van der Waals surface area contributed by atoms with Crippen molar-refractivity contribution in [2.75, 3.05) is 26.9 Å². The predicted octanol–water partition coefficient (Wildman–Crippen LogP) is 6.44. The molecular weight excluding hydrogens is 564 g/mol. The van der Waals surface area contributed by atoms with E-state index in [0.29, 0.717) is 46.8 Å². The van der Waals surface area contributed by atoms with E-state index in [9.17, 15) is 9.65 Å². The SMILES string of the molecule is C1CCOC1.COc1ccc(F)cc1-c1ccnc2c1c(C#N)c(I)n2COCC[Si](C)(C)C. The molecule has 2 aromatic heterocycles. The molecule has 0 unspecified atom stereocenters. The lowest BCUT2D eigenvalue weighted by atomic mass is 10.0. The van der Waals surface area contributed by atoms with Crippen LogP contribution in [0, 0.1) is 20.8 Å². The van der Waals surface area contributed by atoms with Crippen molar-refractivity contribution in [3.63, 3.8) is 0 Å². The monoisotopic (exact) mass is 595 g/mol. The second kappa shape index (κ2) is 12.1. The Balaban J connectivity index is 0.000000574. The summed E-state index contributed by atoms with van der Waals surface area (Å²) < 4.78 is 32.9. The zero-order valence-electron chi connectivity index (χ0n) is 20.2. The first kappa shape index (κ1) is 26.6. The average molecular weight is 596 g/mol. The van der Waals surface area contributed by atoms with Crippen LogP contribution < -0.4 is 4.74 Å². The topological polar surface area (TPSA) is 69.3 Å². The van der Waals surface area contributed by atoms with Crippen LogP contribution in [-0.4, -0.2) is 44.6 Å². The molecule has 0 amide bonds. The second-order valence-corrected chi connectivity index (χ2v) is 15.9. The summed E-state index contributed by atoms with van der Waals surface area (Å²) in [4.78, 5) is 4.50. The van der Waals surface area contributed by atoms with Gasteiger partial charge in [-0.05, 0) is 71.3 Å². The van der Waals surface area contributed by atoms with Crippen molar-refractivity contribution in [1.82, 2.24) is 9.55 Å². The molecule has 0 saturated carbocycles. The van der Waals surface area contributed by atoms with Gasteiger partial charge >= 0.3 is 0 Å². The molecule has 9 heteroatoms. The highest BCUT2D eigenvalue weighted by Gasteiger charge is 2.22. The number of nitriles is 1. The standard InChI is InChI=1S/C21H23FIN3O2Si.C4H8O/c1-27-18-6-5-14(22)11-16(18)15-7-8-25-21-19(15)17(12-24)20(23)26(21)13-28-9-10-29(2,3)4;1-2-4-5-3-1/h5-8,11H,9-10,13H2,1-4H3;1-4H2.